The quantitative estimate of drug-likeness (QED) is 0.547. The van der Waals surface area contributed by atoms with Gasteiger partial charge in [0.1, 0.15) is 0 Å². The molecule has 3 rings (SSSR count). The van der Waals surface area contributed by atoms with Crippen LogP contribution in [-0.2, 0) is 11.2 Å². The van der Waals surface area contributed by atoms with Crippen molar-refractivity contribution < 1.29 is 9.53 Å². The summed E-state index contributed by atoms with van der Waals surface area (Å²) < 4.78 is 6.14. The highest BCUT2D eigenvalue weighted by Gasteiger charge is 2.15. The summed E-state index contributed by atoms with van der Waals surface area (Å²) in [6, 6.07) is 3.93. The van der Waals surface area contributed by atoms with Crippen LogP contribution in [0.15, 0.2) is 40.7 Å². The molecule has 124 valence electrons. The first kappa shape index (κ1) is 17.2. The van der Waals surface area contributed by atoms with E-state index in [0.29, 0.717) is 11.6 Å². The van der Waals surface area contributed by atoms with Crippen molar-refractivity contribution in [3.8, 4) is 10.4 Å². The van der Waals surface area contributed by atoms with Crippen molar-refractivity contribution in [2.45, 2.75) is 13.3 Å². The van der Waals surface area contributed by atoms with Gasteiger partial charge in [0.2, 0.25) is 5.01 Å². The first-order valence-electron chi connectivity index (χ1n) is 7.25. The van der Waals surface area contributed by atoms with E-state index in [2.05, 4.69) is 30.9 Å². The van der Waals surface area contributed by atoms with Gasteiger partial charge in [-0.2, -0.15) is 0 Å². The van der Waals surface area contributed by atoms with E-state index in [1.165, 1.54) is 11.3 Å². The van der Waals surface area contributed by atoms with Gasteiger partial charge in [-0.3, -0.25) is 4.98 Å². The molecule has 0 fully saturated rings. The fraction of sp³-hybridized carbons (Fsp3) is 0.250. The number of thiazole rings is 2. The molecule has 0 aliphatic heterocycles. The van der Waals surface area contributed by atoms with Gasteiger partial charge in [0.25, 0.3) is 0 Å². The molecule has 3 heterocycles. The lowest BCUT2D eigenvalue weighted by Crippen LogP contribution is -2.13. The van der Waals surface area contributed by atoms with Crippen molar-refractivity contribution in [3.05, 3.63) is 50.7 Å². The standard InChI is InChI=1S/C16H14BrN3O2S2/c1-10(9-22-16(21)15-20-8-13(17)24-15)6-14-19-7-12(23-14)11-2-4-18-5-3-11/h2-5,7-8,10H,6,9H2,1H3. The minimum absolute atomic E-state index is 0.189. The number of esters is 1. The minimum atomic E-state index is -0.380. The summed E-state index contributed by atoms with van der Waals surface area (Å²) in [5.41, 5.74) is 1.11. The molecule has 0 aromatic carbocycles. The molecule has 0 bridgehead atoms. The van der Waals surface area contributed by atoms with E-state index in [-0.39, 0.29) is 11.9 Å². The summed E-state index contributed by atoms with van der Waals surface area (Å²) in [7, 11) is 0. The van der Waals surface area contributed by atoms with Crippen LogP contribution >= 0.6 is 38.6 Å². The molecule has 0 radical (unpaired) electrons. The molecule has 3 aromatic rings. The summed E-state index contributed by atoms with van der Waals surface area (Å²) in [6.07, 6.45) is 7.79. The van der Waals surface area contributed by atoms with E-state index >= 15 is 0 Å². The zero-order chi connectivity index (χ0) is 16.9. The number of hydrogen-bond donors (Lipinski definition) is 0. The Labute approximate surface area is 155 Å². The Bertz CT molecular complexity index is 820. The summed E-state index contributed by atoms with van der Waals surface area (Å²) >= 11 is 6.20. The van der Waals surface area contributed by atoms with E-state index in [0.717, 1.165) is 25.7 Å². The van der Waals surface area contributed by atoms with Crippen LogP contribution in [0.1, 0.15) is 21.7 Å². The van der Waals surface area contributed by atoms with Gasteiger partial charge >= 0.3 is 5.97 Å². The molecule has 3 aromatic heterocycles. The molecule has 0 amide bonds. The Hall–Kier alpha value is -1.64. The predicted molar refractivity (Wildman–Crippen MR) is 98.3 cm³/mol. The Kier molecular flexibility index (Phi) is 5.70. The molecule has 0 N–H and O–H groups in total. The Morgan fingerprint density at radius 3 is 2.75 bits per heavy atom. The van der Waals surface area contributed by atoms with E-state index in [1.807, 2.05) is 25.3 Å². The number of carbonyl (C=O) groups excluding carboxylic acids is 1. The Morgan fingerprint density at radius 2 is 2.04 bits per heavy atom. The van der Waals surface area contributed by atoms with Crippen molar-refractivity contribution in [2.24, 2.45) is 5.92 Å². The number of halogens is 1. The fourth-order valence-corrected chi connectivity index (χ4v) is 4.23. The van der Waals surface area contributed by atoms with E-state index in [4.69, 9.17) is 4.74 Å². The van der Waals surface area contributed by atoms with Gasteiger partial charge in [-0.15, -0.1) is 22.7 Å². The summed E-state index contributed by atoms with van der Waals surface area (Å²) in [4.78, 5) is 25.5. The molecule has 5 nitrogen and oxygen atoms in total. The molecule has 0 spiro atoms. The topological polar surface area (TPSA) is 65.0 Å². The molecule has 8 heteroatoms. The van der Waals surface area contributed by atoms with Crippen molar-refractivity contribution in [1.82, 2.24) is 15.0 Å². The zero-order valence-corrected chi connectivity index (χ0v) is 16.0. The molecule has 0 saturated heterocycles. The van der Waals surface area contributed by atoms with E-state index in [9.17, 15) is 4.79 Å². The lowest BCUT2D eigenvalue weighted by molar-refractivity contribution is 0.0448. The first-order valence-corrected chi connectivity index (χ1v) is 9.68. The molecule has 0 saturated carbocycles. The lowest BCUT2D eigenvalue weighted by atomic mass is 10.1. The monoisotopic (exact) mass is 423 g/mol. The fourth-order valence-electron chi connectivity index (χ4n) is 2.04. The van der Waals surface area contributed by atoms with Gasteiger partial charge in [0.15, 0.2) is 0 Å². The normalized spacial score (nSPS) is 12.1. The third kappa shape index (κ3) is 4.46. The van der Waals surface area contributed by atoms with Crippen LogP contribution in [0.2, 0.25) is 0 Å². The maximum atomic E-state index is 11.9. The van der Waals surface area contributed by atoms with Gasteiger partial charge in [-0.25, -0.2) is 14.8 Å². The number of pyridine rings is 1. The maximum absolute atomic E-state index is 11.9. The molecular weight excluding hydrogens is 410 g/mol. The summed E-state index contributed by atoms with van der Waals surface area (Å²) in [6.45, 7) is 2.39. The molecule has 0 aliphatic rings. The number of carbonyl (C=O) groups is 1. The van der Waals surface area contributed by atoms with Crippen LogP contribution in [-0.4, -0.2) is 27.5 Å². The van der Waals surface area contributed by atoms with Gasteiger partial charge in [-0.05, 0) is 39.5 Å². The Balaban J connectivity index is 1.53. The van der Waals surface area contributed by atoms with Crippen LogP contribution in [0.5, 0.6) is 0 Å². The average molecular weight is 424 g/mol. The number of nitrogens with zero attached hydrogens (tertiary/aromatic N) is 3. The molecular formula is C16H14BrN3O2S2. The number of ether oxygens (including phenoxy) is 1. The van der Waals surface area contributed by atoms with Gasteiger partial charge < -0.3 is 4.74 Å². The van der Waals surface area contributed by atoms with Crippen LogP contribution in [0.4, 0.5) is 0 Å². The predicted octanol–water partition coefficient (Wildman–Crippen LogP) is 4.46. The van der Waals surface area contributed by atoms with Crippen molar-refractivity contribution >= 4 is 44.6 Å². The third-order valence-corrected chi connectivity index (χ3v) is 5.72. The third-order valence-electron chi connectivity index (χ3n) is 3.19. The summed E-state index contributed by atoms with van der Waals surface area (Å²) in [5, 5.41) is 1.39. The maximum Gasteiger partial charge on any atom is 0.367 e. The van der Waals surface area contributed by atoms with Gasteiger partial charge in [0, 0.05) is 25.0 Å². The second-order valence-corrected chi connectivity index (χ2v) is 8.76. The average Bonchev–Trinajstić information content (AvgIpc) is 3.23. The highest BCUT2D eigenvalue weighted by molar-refractivity contribution is 9.11. The van der Waals surface area contributed by atoms with E-state index in [1.54, 1.807) is 29.9 Å². The minimum Gasteiger partial charge on any atom is -0.460 e. The zero-order valence-electron chi connectivity index (χ0n) is 12.8. The first-order chi connectivity index (χ1) is 11.6. The lowest BCUT2D eigenvalue weighted by Gasteiger charge is -2.09. The van der Waals surface area contributed by atoms with Gasteiger partial charge in [0.05, 0.1) is 26.5 Å². The molecule has 1 atom stereocenters. The highest BCUT2D eigenvalue weighted by atomic mass is 79.9. The van der Waals surface area contributed by atoms with E-state index < -0.39 is 0 Å². The van der Waals surface area contributed by atoms with Crippen molar-refractivity contribution in [2.75, 3.05) is 6.61 Å². The van der Waals surface area contributed by atoms with Crippen LogP contribution < -0.4 is 0 Å². The highest BCUT2D eigenvalue weighted by Crippen LogP contribution is 2.27. The molecule has 24 heavy (non-hydrogen) atoms. The van der Waals surface area contributed by atoms with Crippen molar-refractivity contribution in [3.63, 3.8) is 0 Å². The number of rotatable bonds is 6. The second kappa shape index (κ2) is 7.96. The Morgan fingerprint density at radius 1 is 1.25 bits per heavy atom. The van der Waals surface area contributed by atoms with Crippen LogP contribution in [0.3, 0.4) is 0 Å². The van der Waals surface area contributed by atoms with Gasteiger partial charge in [-0.1, -0.05) is 6.92 Å². The summed E-state index contributed by atoms with van der Waals surface area (Å²) in [5.74, 6) is -0.192. The molecule has 1 unspecified atom stereocenters. The smallest absolute Gasteiger partial charge is 0.367 e. The number of hydrogen-bond acceptors (Lipinski definition) is 7. The largest absolute Gasteiger partial charge is 0.460 e. The molecule has 0 aliphatic carbocycles. The number of aromatic nitrogens is 3. The van der Waals surface area contributed by atoms with Crippen molar-refractivity contribution in [1.29, 1.82) is 0 Å². The SMILES string of the molecule is CC(COC(=O)c1ncc(Br)s1)Cc1ncc(-c2ccncc2)s1. The van der Waals surface area contributed by atoms with Crippen LogP contribution in [0, 0.1) is 5.92 Å². The second-order valence-electron chi connectivity index (χ2n) is 5.23. The van der Waals surface area contributed by atoms with Crippen LogP contribution in [0.25, 0.3) is 10.4 Å².